The molecule has 5 heteroatoms. The van der Waals surface area contributed by atoms with E-state index in [1.54, 1.807) is 0 Å². The summed E-state index contributed by atoms with van der Waals surface area (Å²) in [7, 11) is 0. The lowest BCUT2D eigenvalue weighted by molar-refractivity contribution is 0.0852. The van der Waals surface area contributed by atoms with Gasteiger partial charge in [-0.3, -0.25) is 0 Å². The average molecular weight is 482 g/mol. The second-order valence-electron chi connectivity index (χ2n) is 7.93. The number of ether oxygens (including phenoxy) is 2. The monoisotopic (exact) mass is 481 g/mol. The number of fused-ring (bicyclic) bond motifs is 1. The molecule has 3 aromatic carbocycles. The predicted octanol–water partition coefficient (Wildman–Crippen LogP) is 4.78. The van der Waals surface area contributed by atoms with Gasteiger partial charge in [-0.1, -0.05) is 64.5 Å². The lowest BCUT2D eigenvalue weighted by atomic mass is 9.93. The molecule has 4 rings (SSSR count). The molecule has 1 heterocycles. The van der Waals surface area contributed by atoms with E-state index in [0.29, 0.717) is 6.54 Å². The number of hydrogen-bond donors (Lipinski definition) is 2. The Bertz CT molecular complexity index is 951. The van der Waals surface area contributed by atoms with E-state index in [2.05, 4.69) is 51.6 Å². The summed E-state index contributed by atoms with van der Waals surface area (Å²) in [6.45, 7) is 0.689. The van der Waals surface area contributed by atoms with Gasteiger partial charge in [-0.25, -0.2) is 0 Å². The normalized spacial score (nSPS) is 17.3. The molecular weight excluding hydrogens is 454 g/mol. The minimum absolute atomic E-state index is 0.0381. The van der Waals surface area contributed by atoms with Crippen molar-refractivity contribution in [3.8, 4) is 11.5 Å². The van der Waals surface area contributed by atoms with E-state index in [9.17, 15) is 5.11 Å². The maximum Gasteiger partial charge on any atom is 0.123 e. The molecule has 0 aliphatic carbocycles. The highest BCUT2D eigenvalue weighted by atomic mass is 79.9. The van der Waals surface area contributed by atoms with Crippen LogP contribution in [0.1, 0.15) is 17.5 Å². The summed E-state index contributed by atoms with van der Waals surface area (Å²) in [6.07, 6.45) is 2.18. The molecule has 0 bridgehead atoms. The van der Waals surface area contributed by atoms with Crippen molar-refractivity contribution in [3.05, 3.63) is 94.5 Å². The Kier molecular flexibility index (Phi) is 7.62. The summed E-state index contributed by atoms with van der Waals surface area (Å²) < 4.78 is 13.2. The third-order valence-corrected chi connectivity index (χ3v) is 6.04. The van der Waals surface area contributed by atoms with Crippen LogP contribution in [-0.2, 0) is 12.8 Å². The number of aliphatic hydroxyl groups is 1. The summed E-state index contributed by atoms with van der Waals surface area (Å²) >= 11 is 3.54. The molecule has 1 aliphatic heterocycles. The highest BCUT2D eigenvalue weighted by Gasteiger charge is 2.28. The molecule has 1 aliphatic rings. The molecule has 2 N–H and O–H groups in total. The highest BCUT2D eigenvalue weighted by Crippen LogP contribution is 2.31. The van der Waals surface area contributed by atoms with Crippen molar-refractivity contribution in [1.29, 1.82) is 0 Å². The summed E-state index contributed by atoms with van der Waals surface area (Å²) in [5.74, 6) is 1.72. The molecular formula is C26H28BrNO3. The molecule has 0 amide bonds. The van der Waals surface area contributed by atoms with Gasteiger partial charge in [0, 0.05) is 17.1 Å². The minimum atomic E-state index is -0.606. The van der Waals surface area contributed by atoms with Crippen LogP contribution in [0.25, 0.3) is 0 Å². The number of aliphatic hydroxyl groups excluding tert-OH is 1. The van der Waals surface area contributed by atoms with Crippen LogP contribution in [-0.4, -0.2) is 36.5 Å². The summed E-state index contributed by atoms with van der Waals surface area (Å²) in [4.78, 5) is 0. The van der Waals surface area contributed by atoms with Gasteiger partial charge in [0.1, 0.15) is 30.3 Å². The Morgan fingerprint density at radius 2 is 1.77 bits per heavy atom. The second-order valence-corrected chi connectivity index (χ2v) is 8.85. The Morgan fingerprint density at radius 1 is 1.03 bits per heavy atom. The van der Waals surface area contributed by atoms with Gasteiger partial charge in [-0.2, -0.15) is 0 Å². The molecule has 0 spiro atoms. The van der Waals surface area contributed by atoms with Crippen molar-refractivity contribution in [1.82, 2.24) is 5.32 Å². The van der Waals surface area contributed by atoms with E-state index < -0.39 is 6.10 Å². The van der Waals surface area contributed by atoms with Gasteiger partial charge in [0.25, 0.3) is 0 Å². The lowest BCUT2D eigenvalue weighted by Gasteiger charge is -2.33. The van der Waals surface area contributed by atoms with Gasteiger partial charge in [-0.05, 0) is 60.7 Å². The van der Waals surface area contributed by atoms with Gasteiger partial charge in [-0.15, -0.1) is 0 Å². The molecule has 0 saturated heterocycles. The SMILES string of the molecule is O[C@@H](CNC(Cc1ccccc1)[C@H]1CCc2cc(Br)ccc2O1)COc1ccccc1. The lowest BCUT2D eigenvalue weighted by Crippen LogP contribution is -2.49. The molecule has 1 unspecified atom stereocenters. The van der Waals surface area contributed by atoms with Crippen molar-refractivity contribution in [2.24, 2.45) is 0 Å². The van der Waals surface area contributed by atoms with E-state index in [1.165, 1.54) is 11.1 Å². The predicted molar refractivity (Wildman–Crippen MR) is 127 cm³/mol. The zero-order chi connectivity index (χ0) is 21.5. The van der Waals surface area contributed by atoms with Crippen LogP contribution >= 0.6 is 15.9 Å². The number of aryl methyl sites for hydroxylation is 1. The van der Waals surface area contributed by atoms with E-state index in [4.69, 9.17) is 9.47 Å². The van der Waals surface area contributed by atoms with Crippen LogP contribution in [0.3, 0.4) is 0 Å². The fourth-order valence-electron chi connectivity index (χ4n) is 3.92. The molecule has 3 atom stereocenters. The first-order valence-corrected chi connectivity index (χ1v) is 11.5. The smallest absolute Gasteiger partial charge is 0.123 e. The maximum absolute atomic E-state index is 10.5. The average Bonchev–Trinajstić information content (AvgIpc) is 2.81. The van der Waals surface area contributed by atoms with E-state index in [1.807, 2.05) is 48.5 Å². The Balaban J connectivity index is 1.39. The van der Waals surface area contributed by atoms with Gasteiger partial charge in [0.2, 0.25) is 0 Å². The molecule has 0 fully saturated rings. The Labute approximate surface area is 192 Å². The van der Waals surface area contributed by atoms with Crippen molar-refractivity contribution in [2.75, 3.05) is 13.2 Å². The van der Waals surface area contributed by atoms with Crippen LogP contribution in [0.4, 0.5) is 0 Å². The molecule has 3 aromatic rings. The third-order valence-electron chi connectivity index (χ3n) is 5.55. The molecule has 0 aromatic heterocycles. The molecule has 31 heavy (non-hydrogen) atoms. The van der Waals surface area contributed by atoms with E-state index >= 15 is 0 Å². The summed E-state index contributed by atoms with van der Waals surface area (Å²) in [6, 6.07) is 26.3. The molecule has 0 saturated carbocycles. The van der Waals surface area contributed by atoms with Crippen LogP contribution in [0.2, 0.25) is 0 Å². The second kappa shape index (κ2) is 10.8. The standard InChI is InChI=1S/C26H28BrNO3/c27-21-12-14-25-20(16-21)11-13-26(31-25)24(15-19-7-3-1-4-8-19)28-17-22(29)18-30-23-9-5-2-6-10-23/h1-10,12,14,16,22,24,26,28-29H,11,13,15,17-18H2/t22-,24?,26+/m0/s1. The van der Waals surface area contributed by atoms with Gasteiger partial charge in [0.05, 0.1) is 0 Å². The summed E-state index contributed by atoms with van der Waals surface area (Å²) in [5.41, 5.74) is 2.49. The quantitative estimate of drug-likeness (QED) is 0.461. The fourth-order valence-corrected chi connectivity index (χ4v) is 4.33. The zero-order valence-corrected chi connectivity index (χ0v) is 19.0. The van der Waals surface area contributed by atoms with Crippen molar-refractivity contribution in [3.63, 3.8) is 0 Å². The van der Waals surface area contributed by atoms with Gasteiger partial charge >= 0.3 is 0 Å². The molecule has 4 nitrogen and oxygen atoms in total. The Hall–Kier alpha value is -2.34. The van der Waals surface area contributed by atoms with Crippen molar-refractivity contribution < 1.29 is 14.6 Å². The number of para-hydroxylation sites is 1. The molecule has 162 valence electrons. The first-order chi connectivity index (χ1) is 15.2. The topological polar surface area (TPSA) is 50.7 Å². The number of nitrogens with one attached hydrogen (secondary N) is 1. The van der Waals surface area contributed by atoms with Crippen LogP contribution in [0.5, 0.6) is 11.5 Å². The van der Waals surface area contributed by atoms with Crippen LogP contribution in [0, 0.1) is 0 Å². The maximum atomic E-state index is 10.5. The zero-order valence-electron chi connectivity index (χ0n) is 17.4. The fraction of sp³-hybridized carbons (Fsp3) is 0.308. The van der Waals surface area contributed by atoms with Crippen molar-refractivity contribution >= 4 is 15.9 Å². The first-order valence-electron chi connectivity index (χ1n) is 10.8. The number of halogens is 1. The minimum Gasteiger partial charge on any atom is -0.491 e. The number of hydrogen-bond acceptors (Lipinski definition) is 4. The van der Waals surface area contributed by atoms with Gasteiger partial charge < -0.3 is 19.9 Å². The van der Waals surface area contributed by atoms with Crippen LogP contribution in [0.15, 0.2) is 83.3 Å². The number of rotatable bonds is 9. The van der Waals surface area contributed by atoms with Crippen molar-refractivity contribution in [2.45, 2.75) is 37.5 Å². The Morgan fingerprint density at radius 3 is 2.55 bits per heavy atom. The molecule has 0 radical (unpaired) electrons. The van der Waals surface area contributed by atoms with E-state index in [-0.39, 0.29) is 18.8 Å². The number of benzene rings is 3. The van der Waals surface area contributed by atoms with Crippen LogP contribution < -0.4 is 14.8 Å². The third kappa shape index (κ3) is 6.33. The first kappa shape index (κ1) is 21.9. The largest absolute Gasteiger partial charge is 0.491 e. The van der Waals surface area contributed by atoms with Gasteiger partial charge in [0.15, 0.2) is 0 Å². The highest BCUT2D eigenvalue weighted by molar-refractivity contribution is 9.10. The van der Waals surface area contributed by atoms with E-state index in [0.717, 1.165) is 35.2 Å². The summed E-state index contributed by atoms with van der Waals surface area (Å²) in [5, 5.41) is 14.0.